The van der Waals surface area contributed by atoms with Gasteiger partial charge in [-0.3, -0.25) is 9.78 Å². The molecule has 2 unspecified atom stereocenters. The molecule has 1 aromatic rings. The van der Waals surface area contributed by atoms with Crippen LogP contribution in [0.5, 0.6) is 0 Å². The number of pyridine rings is 1. The topological polar surface area (TPSA) is 74.3 Å². The van der Waals surface area contributed by atoms with E-state index in [4.69, 9.17) is 0 Å². The van der Waals surface area contributed by atoms with Gasteiger partial charge in [-0.2, -0.15) is 0 Å². The molecule has 1 aliphatic rings. The number of nitrogens with zero attached hydrogens (tertiary/aromatic N) is 2. The van der Waals surface area contributed by atoms with E-state index in [1.54, 1.807) is 19.3 Å². The van der Waals surface area contributed by atoms with Crippen molar-refractivity contribution < 1.29 is 9.59 Å². The number of amides is 3. The van der Waals surface area contributed by atoms with Gasteiger partial charge in [0.25, 0.3) is 0 Å². The van der Waals surface area contributed by atoms with Gasteiger partial charge in [0.05, 0.1) is 0 Å². The average Bonchev–Trinajstić information content (AvgIpc) is 2.53. The molecule has 1 fully saturated rings. The van der Waals surface area contributed by atoms with Crippen molar-refractivity contribution >= 4 is 11.9 Å². The standard InChI is InChI=1S/C16H24N4O2/c1-12-6-3-4-9-20(12)15(21)13(2)19-16(22)18-11-14-7-5-8-17-10-14/h5,7-8,10,12-13H,3-4,6,9,11H2,1-2H3,(H2,18,19,22). The molecule has 0 saturated carbocycles. The second-order valence-corrected chi connectivity index (χ2v) is 5.79. The molecule has 6 nitrogen and oxygen atoms in total. The number of carbonyl (C=O) groups excluding carboxylic acids is 2. The third-order valence-corrected chi connectivity index (χ3v) is 3.98. The van der Waals surface area contributed by atoms with E-state index in [1.807, 2.05) is 17.0 Å². The van der Waals surface area contributed by atoms with Crippen molar-refractivity contribution in [2.75, 3.05) is 6.54 Å². The van der Waals surface area contributed by atoms with Gasteiger partial charge in [0.15, 0.2) is 0 Å². The highest BCUT2D eigenvalue weighted by Crippen LogP contribution is 2.17. The van der Waals surface area contributed by atoms with Gasteiger partial charge >= 0.3 is 6.03 Å². The number of urea groups is 1. The molecule has 0 aromatic carbocycles. The summed E-state index contributed by atoms with van der Waals surface area (Å²) in [4.78, 5) is 30.1. The van der Waals surface area contributed by atoms with Crippen molar-refractivity contribution in [2.45, 2.75) is 51.7 Å². The number of piperidine rings is 1. The van der Waals surface area contributed by atoms with Gasteiger partial charge < -0.3 is 15.5 Å². The van der Waals surface area contributed by atoms with Gasteiger partial charge in [-0.25, -0.2) is 4.79 Å². The molecule has 3 amide bonds. The second kappa shape index (κ2) is 7.77. The molecule has 1 aliphatic heterocycles. The average molecular weight is 304 g/mol. The molecule has 0 radical (unpaired) electrons. The molecule has 2 N–H and O–H groups in total. The minimum Gasteiger partial charge on any atom is -0.338 e. The SMILES string of the molecule is CC(NC(=O)NCc1cccnc1)C(=O)N1CCCCC1C. The van der Waals surface area contributed by atoms with Gasteiger partial charge in [-0.1, -0.05) is 6.07 Å². The minimum atomic E-state index is -0.519. The van der Waals surface area contributed by atoms with Gasteiger partial charge in [0.1, 0.15) is 6.04 Å². The monoisotopic (exact) mass is 304 g/mol. The molecule has 22 heavy (non-hydrogen) atoms. The molecule has 2 heterocycles. The van der Waals surface area contributed by atoms with E-state index >= 15 is 0 Å². The molecule has 0 bridgehead atoms. The van der Waals surface area contributed by atoms with E-state index in [0.29, 0.717) is 6.54 Å². The van der Waals surface area contributed by atoms with Crippen LogP contribution in [0, 0.1) is 0 Å². The number of aromatic nitrogens is 1. The van der Waals surface area contributed by atoms with E-state index < -0.39 is 6.04 Å². The number of carbonyl (C=O) groups is 2. The maximum absolute atomic E-state index is 12.4. The Morgan fingerprint density at radius 2 is 2.27 bits per heavy atom. The first kappa shape index (κ1) is 16.3. The molecule has 1 saturated heterocycles. The van der Waals surface area contributed by atoms with Crippen LogP contribution in [0.2, 0.25) is 0 Å². The molecular formula is C16H24N4O2. The van der Waals surface area contributed by atoms with Crippen LogP contribution in [0.25, 0.3) is 0 Å². The fourth-order valence-electron chi connectivity index (χ4n) is 2.67. The molecule has 0 spiro atoms. The highest BCUT2D eigenvalue weighted by Gasteiger charge is 2.27. The molecule has 6 heteroatoms. The normalized spacial score (nSPS) is 19.4. The van der Waals surface area contributed by atoms with Crippen LogP contribution in [-0.4, -0.2) is 40.5 Å². The Morgan fingerprint density at radius 3 is 2.95 bits per heavy atom. The Kier molecular flexibility index (Phi) is 5.75. The summed E-state index contributed by atoms with van der Waals surface area (Å²) < 4.78 is 0. The quantitative estimate of drug-likeness (QED) is 0.888. The lowest BCUT2D eigenvalue weighted by molar-refractivity contribution is -0.136. The van der Waals surface area contributed by atoms with Gasteiger partial charge in [-0.05, 0) is 44.7 Å². The predicted molar refractivity (Wildman–Crippen MR) is 84.1 cm³/mol. The van der Waals surface area contributed by atoms with Crippen molar-refractivity contribution in [3.8, 4) is 0 Å². The summed E-state index contributed by atoms with van der Waals surface area (Å²) >= 11 is 0. The molecule has 1 aromatic heterocycles. The third-order valence-electron chi connectivity index (χ3n) is 3.98. The number of hydrogen-bond donors (Lipinski definition) is 2. The van der Waals surface area contributed by atoms with Crippen LogP contribution >= 0.6 is 0 Å². The van der Waals surface area contributed by atoms with E-state index in [9.17, 15) is 9.59 Å². The van der Waals surface area contributed by atoms with E-state index in [-0.39, 0.29) is 18.0 Å². The fraction of sp³-hybridized carbons (Fsp3) is 0.562. The second-order valence-electron chi connectivity index (χ2n) is 5.79. The van der Waals surface area contributed by atoms with Crippen molar-refractivity contribution in [3.05, 3.63) is 30.1 Å². The van der Waals surface area contributed by atoms with Crippen molar-refractivity contribution in [3.63, 3.8) is 0 Å². The largest absolute Gasteiger partial charge is 0.338 e. The van der Waals surface area contributed by atoms with Crippen molar-refractivity contribution in [1.29, 1.82) is 0 Å². The van der Waals surface area contributed by atoms with Crippen molar-refractivity contribution in [2.24, 2.45) is 0 Å². The summed E-state index contributed by atoms with van der Waals surface area (Å²) in [6.45, 7) is 4.96. The summed E-state index contributed by atoms with van der Waals surface area (Å²) in [5.41, 5.74) is 0.918. The smallest absolute Gasteiger partial charge is 0.315 e. The fourth-order valence-corrected chi connectivity index (χ4v) is 2.67. The molecule has 2 atom stereocenters. The maximum Gasteiger partial charge on any atom is 0.315 e. The minimum absolute atomic E-state index is 0.0104. The first-order valence-electron chi connectivity index (χ1n) is 7.81. The van der Waals surface area contributed by atoms with E-state index in [1.165, 1.54) is 6.42 Å². The number of rotatable bonds is 4. The van der Waals surface area contributed by atoms with E-state index in [2.05, 4.69) is 22.5 Å². The molecule has 2 rings (SSSR count). The highest BCUT2D eigenvalue weighted by atomic mass is 16.2. The summed E-state index contributed by atoms with van der Waals surface area (Å²) in [5.74, 6) is -0.0104. The Labute approximate surface area is 131 Å². The zero-order valence-electron chi connectivity index (χ0n) is 13.2. The lowest BCUT2D eigenvalue weighted by atomic mass is 10.0. The summed E-state index contributed by atoms with van der Waals surface area (Å²) in [6, 6.07) is 3.10. The first-order chi connectivity index (χ1) is 10.6. The number of nitrogens with one attached hydrogen (secondary N) is 2. The lowest BCUT2D eigenvalue weighted by Gasteiger charge is -2.35. The van der Waals surface area contributed by atoms with Gasteiger partial charge in [0.2, 0.25) is 5.91 Å². The Balaban J connectivity index is 1.79. The molecule has 0 aliphatic carbocycles. The first-order valence-corrected chi connectivity index (χ1v) is 7.81. The molecular weight excluding hydrogens is 280 g/mol. The van der Waals surface area contributed by atoms with Crippen LogP contribution < -0.4 is 10.6 Å². The van der Waals surface area contributed by atoms with Crippen LogP contribution in [-0.2, 0) is 11.3 Å². The van der Waals surface area contributed by atoms with Crippen LogP contribution in [0.4, 0.5) is 4.79 Å². The van der Waals surface area contributed by atoms with Gasteiger partial charge in [0, 0.05) is 31.5 Å². The van der Waals surface area contributed by atoms with Crippen LogP contribution in [0.1, 0.15) is 38.7 Å². The number of hydrogen-bond acceptors (Lipinski definition) is 3. The van der Waals surface area contributed by atoms with Crippen LogP contribution in [0.3, 0.4) is 0 Å². The summed E-state index contributed by atoms with van der Waals surface area (Å²) in [6.07, 6.45) is 6.62. The number of likely N-dealkylation sites (tertiary alicyclic amines) is 1. The van der Waals surface area contributed by atoms with Gasteiger partial charge in [-0.15, -0.1) is 0 Å². The lowest BCUT2D eigenvalue weighted by Crippen LogP contribution is -2.53. The molecule has 120 valence electrons. The van der Waals surface area contributed by atoms with Crippen molar-refractivity contribution in [1.82, 2.24) is 20.5 Å². The predicted octanol–water partition coefficient (Wildman–Crippen LogP) is 1.67. The zero-order valence-corrected chi connectivity index (χ0v) is 13.2. The highest BCUT2D eigenvalue weighted by molar-refractivity contribution is 5.86. The van der Waals surface area contributed by atoms with E-state index in [0.717, 1.165) is 24.9 Å². The third kappa shape index (κ3) is 4.44. The maximum atomic E-state index is 12.4. The Hall–Kier alpha value is -2.11. The summed E-state index contributed by atoms with van der Waals surface area (Å²) in [7, 11) is 0. The Morgan fingerprint density at radius 1 is 1.45 bits per heavy atom. The van der Waals surface area contributed by atoms with Crippen LogP contribution in [0.15, 0.2) is 24.5 Å². The Bertz CT molecular complexity index is 506. The zero-order chi connectivity index (χ0) is 15.9. The summed E-state index contributed by atoms with van der Waals surface area (Å²) in [5, 5.41) is 5.44.